The molecule has 0 fully saturated rings. The van der Waals surface area contributed by atoms with Crippen LogP contribution in [0.25, 0.3) is 0 Å². The van der Waals surface area contributed by atoms with Crippen molar-refractivity contribution >= 4 is 33.2 Å². The molecule has 0 saturated carbocycles. The van der Waals surface area contributed by atoms with Gasteiger partial charge >= 0.3 is 0 Å². The Morgan fingerprint density at radius 3 is 2.72 bits per heavy atom. The van der Waals surface area contributed by atoms with Gasteiger partial charge in [0.25, 0.3) is 0 Å². The number of halogens is 2. The second kappa shape index (κ2) is 5.46. The molecule has 4 nitrogen and oxygen atoms in total. The van der Waals surface area contributed by atoms with Gasteiger partial charge in [0, 0.05) is 18.0 Å². The number of pyridine rings is 1. The third-order valence-electron chi connectivity index (χ3n) is 2.17. The molecule has 0 amide bonds. The van der Waals surface area contributed by atoms with Crippen molar-refractivity contribution in [2.24, 2.45) is 0 Å². The number of nitrogens with two attached hydrogens (primary N) is 1. The lowest BCUT2D eigenvalue weighted by Gasteiger charge is -2.11. The molecule has 1 aromatic carbocycles. The minimum Gasteiger partial charge on any atom is -0.493 e. The van der Waals surface area contributed by atoms with Crippen molar-refractivity contribution in [1.29, 1.82) is 0 Å². The third-order valence-corrected chi connectivity index (χ3v) is 2.94. The molecule has 0 atom stereocenters. The van der Waals surface area contributed by atoms with E-state index in [9.17, 15) is 0 Å². The van der Waals surface area contributed by atoms with Crippen molar-refractivity contribution in [2.75, 3.05) is 12.8 Å². The number of ether oxygens (including phenoxy) is 2. The van der Waals surface area contributed by atoms with Gasteiger partial charge in [0.2, 0.25) is 5.88 Å². The van der Waals surface area contributed by atoms with E-state index >= 15 is 0 Å². The van der Waals surface area contributed by atoms with Crippen molar-refractivity contribution in [3.8, 4) is 17.4 Å². The van der Waals surface area contributed by atoms with Crippen molar-refractivity contribution in [2.45, 2.75) is 0 Å². The Kier molecular flexibility index (Phi) is 3.93. The topological polar surface area (TPSA) is 57.4 Å². The zero-order valence-corrected chi connectivity index (χ0v) is 11.8. The Bertz CT molecular complexity index is 578. The predicted molar refractivity (Wildman–Crippen MR) is 74.4 cm³/mol. The average Bonchev–Trinajstić information content (AvgIpc) is 2.34. The summed E-state index contributed by atoms with van der Waals surface area (Å²) < 4.78 is 11.5. The summed E-state index contributed by atoms with van der Waals surface area (Å²) in [6.07, 6.45) is 1.51. The number of benzene rings is 1. The van der Waals surface area contributed by atoms with E-state index in [2.05, 4.69) is 20.9 Å². The minimum atomic E-state index is 0.405. The number of rotatable bonds is 3. The fourth-order valence-corrected chi connectivity index (χ4v) is 2.07. The lowest BCUT2D eigenvalue weighted by molar-refractivity contribution is 0.373. The highest BCUT2D eigenvalue weighted by Crippen LogP contribution is 2.35. The molecule has 18 heavy (non-hydrogen) atoms. The normalized spacial score (nSPS) is 10.2. The van der Waals surface area contributed by atoms with Crippen LogP contribution in [0.1, 0.15) is 0 Å². The van der Waals surface area contributed by atoms with Crippen LogP contribution in [0.4, 0.5) is 5.69 Å². The largest absolute Gasteiger partial charge is 0.493 e. The standard InChI is InChI=1S/C12H10BrClN2O2/c1-17-11-5-8(15)2-3-10(11)18-12-9(13)4-7(14)6-16-12/h2-6H,15H2,1H3. The van der Waals surface area contributed by atoms with Gasteiger partial charge in [-0.1, -0.05) is 11.6 Å². The van der Waals surface area contributed by atoms with Crippen molar-refractivity contribution in [1.82, 2.24) is 4.98 Å². The number of hydrogen-bond acceptors (Lipinski definition) is 4. The Labute approximate surface area is 118 Å². The number of nitrogens with zero attached hydrogens (tertiary/aromatic N) is 1. The van der Waals surface area contributed by atoms with Crippen LogP contribution in [0.2, 0.25) is 5.02 Å². The minimum absolute atomic E-state index is 0.405. The van der Waals surface area contributed by atoms with Gasteiger partial charge in [0.15, 0.2) is 11.5 Å². The van der Waals surface area contributed by atoms with Crippen LogP contribution in [-0.4, -0.2) is 12.1 Å². The molecular weight excluding hydrogens is 320 g/mol. The molecular formula is C12H10BrClN2O2. The summed E-state index contributed by atoms with van der Waals surface area (Å²) in [7, 11) is 1.55. The summed E-state index contributed by atoms with van der Waals surface area (Å²) in [6, 6.07) is 6.82. The van der Waals surface area contributed by atoms with Gasteiger partial charge < -0.3 is 15.2 Å². The molecule has 0 spiro atoms. The van der Waals surface area contributed by atoms with Gasteiger partial charge in [0.1, 0.15) is 0 Å². The average molecular weight is 330 g/mol. The van der Waals surface area contributed by atoms with Crippen molar-refractivity contribution < 1.29 is 9.47 Å². The van der Waals surface area contributed by atoms with Crippen LogP contribution >= 0.6 is 27.5 Å². The number of nitrogen functional groups attached to an aromatic ring is 1. The van der Waals surface area contributed by atoms with E-state index in [0.717, 1.165) is 0 Å². The maximum absolute atomic E-state index is 5.81. The van der Waals surface area contributed by atoms with E-state index in [1.54, 1.807) is 31.4 Å². The summed E-state index contributed by atoms with van der Waals surface area (Å²) >= 11 is 9.14. The zero-order valence-electron chi connectivity index (χ0n) is 9.48. The Hall–Kier alpha value is -1.46. The van der Waals surface area contributed by atoms with Crippen LogP contribution in [0.5, 0.6) is 17.4 Å². The Balaban J connectivity index is 2.33. The molecule has 0 aliphatic carbocycles. The molecule has 0 radical (unpaired) electrons. The van der Waals surface area contributed by atoms with Gasteiger partial charge in [-0.25, -0.2) is 4.98 Å². The second-order valence-electron chi connectivity index (χ2n) is 3.45. The van der Waals surface area contributed by atoms with E-state index in [0.29, 0.717) is 32.6 Å². The second-order valence-corrected chi connectivity index (χ2v) is 4.74. The van der Waals surface area contributed by atoms with Gasteiger partial charge in [-0.15, -0.1) is 0 Å². The lowest BCUT2D eigenvalue weighted by Crippen LogP contribution is -1.94. The van der Waals surface area contributed by atoms with Crippen LogP contribution in [0, 0.1) is 0 Å². The first-order valence-corrected chi connectivity index (χ1v) is 6.19. The molecule has 0 aliphatic heterocycles. The first kappa shape index (κ1) is 13.0. The van der Waals surface area contributed by atoms with Crippen LogP contribution < -0.4 is 15.2 Å². The molecule has 0 bridgehead atoms. The fourth-order valence-electron chi connectivity index (χ4n) is 1.35. The lowest BCUT2D eigenvalue weighted by atomic mass is 10.3. The highest BCUT2D eigenvalue weighted by atomic mass is 79.9. The van der Waals surface area contributed by atoms with Gasteiger partial charge in [-0.05, 0) is 34.1 Å². The maximum Gasteiger partial charge on any atom is 0.233 e. The van der Waals surface area contributed by atoms with Crippen molar-refractivity contribution in [3.63, 3.8) is 0 Å². The Morgan fingerprint density at radius 1 is 1.28 bits per heavy atom. The fraction of sp³-hybridized carbons (Fsp3) is 0.0833. The van der Waals surface area contributed by atoms with Gasteiger partial charge in [0.05, 0.1) is 16.6 Å². The number of methoxy groups -OCH3 is 1. The molecule has 6 heteroatoms. The molecule has 1 aromatic heterocycles. The van der Waals surface area contributed by atoms with E-state index < -0.39 is 0 Å². The number of hydrogen-bond donors (Lipinski definition) is 1. The summed E-state index contributed by atoms with van der Waals surface area (Å²) in [5.74, 6) is 1.48. The Morgan fingerprint density at radius 2 is 2.06 bits per heavy atom. The maximum atomic E-state index is 5.81. The van der Waals surface area contributed by atoms with Crippen molar-refractivity contribution in [3.05, 3.63) is 40.0 Å². The van der Waals surface area contributed by atoms with E-state index in [1.807, 2.05) is 0 Å². The number of aromatic nitrogens is 1. The molecule has 0 unspecified atom stereocenters. The van der Waals surface area contributed by atoms with Crippen LogP contribution in [-0.2, 0) is 0 Å². The van der Waals surface area contributed by atoms with Crippen LogP contribution in [0.15, 0.2) is 34.9 Å². The van der Waals surface area contributed by atoms with E-state index in [-0.39, 0.29) is 0 Å². The van der Waals surface area contributed by atoms with Gasteiger partial charge in [-0.2, -0.15) is 0 Å². The summed E-state index contributed by atoms with van der Waals surface area (Å²) in [6.45, 7) is 0. The van der Waals surface area contributed by atoms with E-state index in [4.69, 9.17) is 26.8 Å². The third kappa shape index (κ3) is 2.86. The predicted octanol–water partition coefficient (Wildman–Crippen LogP) is 3.88. The molecule has 2 aromatic rings. The quantitative estimate of drug-likeness (QED) is 0.868. The van der Waals surface area contributed by atoms with Crippen LogP contribution in [0.3, 0.4) is 0 Å². The molecule has 2 N–H and O–H groups in total. The smallest absolute Gasteiger partial charge is 0.233 e. The molecule has 0 saturated heterocycles. The first-order chi connectivity index (χ1) is 8.60. The van der Waals surface area contributed by atoms with E-state index in [1.165, 1.54) is 6.20 Å². The monoisotopic (exact) mass is 328 g/mol. The van der Waals surface area contributed by atoms with Gasteiger partial charge in [-0.3, -0.25) is 0 Å². The SMILES string of the molecule is COc1cc(N)ccc1Oc1ncc(Cl)cc1Br. The molecule has 1 heterocycles. The first-order valence-electron chi connectivity index (χ1n) is 5.02. The highest BCUT2D eigenvalue weighted by molar-refractivity contribution is 9.10. The molecule has 0 aliphatic rings. The molecule has 2 rings (SSSR count). The summed E-state index contributed by atoms with van der Waals surface area (Å²) in [5, 5.41) is 0.526. The zero-order chi connectivity index (χ0) is 13.1. The number of anilines is 1. The molecule has 94 valence electrons. The summed E-state index contributed by atoms with van der Waals surface area (Å²) in [5.41, 5.74) is 6.27. The summed E-state index contributed by atoms with van der Waals surface area (Å²) in [4.78, 5) is 4.08. The highest BCUT2D eigenvalue weighted by Gasteiger charge is 2.10.